The lowest BCUT2D eigenvalue weighted by Crippen LogP contribution is -2.12. The van der Waals surface area contributed by atoms with Crippen molar-refractivity contribution in [2.24, 2.45) is 5.10 Å². The van der Waals surface area contributed by atoms with Gasteiger partial charge in [-0.15, -0.1) is 0 Å². The number of nitrogens with one attached hydrogen (secondary N) is 1. The average molecular weight is 140 g/mol. The van der Waals surface area contributed by atoms with Gasteiger partial charge in [0.2, 0.25) is 0 Å². The Morgan fingerprint density at radius 2 is 2.78 bits per heavy atom. The Hall–Kier alpha value is -0.440. The van der Waals surface area contributed by atoms with Crippen molar-refractivity contribution in [1.29, 1.82) is 0 Å². The summed E-state index contributed by atoms with van der Waals surface area (Å²) in [6.45, 7) is 0. The number of allylic oxidation sites excluding steroid dienone is 1. The Morgan fingerprint density at radius 1 is 1.78 bits per heavy atom. The standard InChI is InChI=1S/C6H8N2S/c1-2-4-6-5(3-1)7-8-9-6/h2,4,6,8H,1,3H2. The second-order valence-electron chi connectivity index (χ2n) is 2.20. The van der Waals surface area contributed by atoms with Gasteiger partial charge < -0.3 is 0 Å². The molecule has 48 valence electrons. The molecule has 0 saturated heterocycles. The van der Waals surface area contributed by atoms with Crippen LogP contribution in [0, 0.1) is 0 Å². The van der Waals surface area contributed by atoms with E-state index < -0.39 is 0 Å². The van der Waals surface area contributed by atoms with Gasteiger partial charge >= 0.3 is 0 Å². The van der Waals surface area contributed by atoms with Crippen molar-refractivity contribution in [2.75, 3.05) is 0 Å². The number of fused-ring (bicyclic) bond motifs is 1. The van der Waals surface area contributed by atoms with Gasteiger partial charge in [0.15, 0.2) is 0 Å². The number of hydrazone groups is 1. The molecule has 2 nitrogen and oxygen atoms in total. The van der Waals surface area contributed by atoms with E-state index in [1.165, 1.54) is 5.71 Å². The van der Waals surface area contributed by atoms with Crippen LogP contribution in [0.15, 0.2) is 17.3 Å². The maximum atomic E-state index is 4.14. The molecule has 1 N–H and O–H groups in total. The second-order valence-corrected chi connectivity index (χ2v) is 3.13. The highest BCUT2D eigenvalue weighted by atomic mass is 32.2. The van der Waals surface area contributed by atoms with E-state index >= 15 is 0 Å². The van der Waals surface area contributed by atoms with E-state index in [0.717, 1.165) is 12.8 Å². The van der Waals surface area contributed by atoms with Gasteiger partial charge in [0.1, 0.15) is 0 Å². The van der Waals surface area contributed by atoms with Crippen LogP contribution in [0.1, 0.15) is 12.8 Å². The molecule has 3 heteroatoms. The van der Waals surface area contributed by atoms with Gasteiger partial charge in [-0.25, -0.2) is 0 Å². The SMILES string of the molecule is C1=CC2SNN=C2CC1. The minimum Gasteiger partial charge on any atom is -0.251 e. The molecule has 0 bridgehead atoms. The van der Waals surface area contributed by atoms with Crippen LogP contribution in [-0.2, 0) is 0 Å². The van der Waals surface area contributed by atoms with Gasteiger partial charge in [0.25, 0.3) is 0 Å². The smallest absolute Gasteiger partial charge is 0.0841 e. The molecule has 0 saturated carbocycles. The van der Waals surface area contributed by atoms with Crippen molar-refractivity contribution in [3.8, 4) is 0 Å². The Balaban J connectivity index is 2.23. The monoisotopic (exact) mass is 140 g/mol. The van der Waals surface area contributed by atoms with Gasteiger partial charge in [-0.05, 0) is 24.8 Å². The molecule has 0 aromatic heterocycles. The molecule has 0 amide bonds. The van der Waals surface area contributed by atoms with Crippen molar-refractivity contribution in [2.45, 2.75) is 18.1 Å². The van der Waals surface area contributed by atoms with Crippen LogP contribution in [0.25, 0.3) is 0 Å². The van der Waals surface area contributed by atoms with Crippen molar-refractivity contribution in [3.63, 3.8) is 0 Å². The Morgan fingerprint density at radius 3 is 3.67 bits per heavy atom. The summed E-state index contributed by atoms with van der Waals surface area (Å²) >= 11 is 1.69. The molecular formula is C6H8N2S. The van der Waals surface area contributed by atoms with Gasteiger partial charge in [-0.1, -0.05) is 12.2 Å². The van der Waals surface area contributed by atoms with Crippen LogP contribution in [0.2, 0.25) is 0 Å². The molecule has 1 heterocycles. The molecule has 0 spiro atoms. The first-order valence-electron chi connectivity index (χ1n) is 3.10. The molecule has 1 aliphatic carbocycles. The molecule has 9 heavy (non-hydrogen) atoms. The van der Waals surface area contributed by atoms with E-state index in [0.29, 0.717) is 5.25 Å². The molecule has 1 aliphatic heterocycles. The van der Waals surface area contributed by atoms with E-state index in [4.69, 9.17) is 0 Å². The third kappa shape index (κ3) is 0.852. The maximum absolute atomic E-state index is 4.14. The molecule has 0 aromatic rings. The topological polar surface area (TPSA) is 24.4 Å². The highest BCUT2D eigenvalue weighted by Crippen LogP contribution is 2.23. The summed E-state index contributed by atoms with van der Waals surface area (Å²) in [5.74, 6) is 0. The summed E-state index contributed by atoms with van der Waals surface area (Å²) in [4.78, 5) is 2.92. The highest BCUT2D eigenvalue weighted by molar-refractivity contribution is 7.99. The summed E-state index contributed by atoms with van der Waals surface area (Å²) < 4.78 is 0. The molecule has 0 fully saturated rings. The fraction of sp³-hybridized carbons (Fsp3) is 0.500. The zero-order valence-corrected chi connectivity index (χ0v) is 5.82. The Kier molecular flexibility index (Phi) is 1.23. The Bertz CT molecular complexity index is 174. The molecular weight excluding hydrogens is 132 g/mol. The minimum atomic E-state index is 0.541. The van der Waals surface area contributed by atoms with E-state index in [-0.39, 0.29) is 0 Å². The summed E-state index contributed by atoms with van der Waals surface area (Å²) in [6.07, 6.45) is 6.75. The minimum absolute atomic E-state index is 0.541. The molecule has 1 atom stereocenters. The van der Waals surface area contributed by atoms with Crippen molar-refractivity contribution >= 4 is 17.7 Å². The van der Waals surface area contributed by atoms with Gasteiger partial charge in [-0.3, -0.25) is 4.83 Å². The number of rotatable bonds is 0. The lowest BCUT2D eigenvalue weighted by atomic mass is 10.1. The fourth-order valence-electron chi connectivity index (χ4n) is 1.07. The van der Waals surface area contributed by atoms with Gasteiger partial charge in [0, 0.05) is 0 Å². The van der Waals surface area contributed by atoms with Crippen molar-refractivity contribution in [3.05, 3.63) is 12.2 Å². The normalized spacial score (nSPS) is 31.1. The lowest BCUT2D eigenvalue weighted by Gasteiger charge is -2.08. The van der Waals surface area contributed by atoms with Crippen LogP contribution in [-0.4, -0.2) is 11.0 Å². The molecule has 0 aromatic carbocycles. The second kappa shape index (κ2) is 2.06. The quantitative estimate of drug-likeness (QED) is 0.405. The van der Waals surface area contributed by atoms with Crippen molar-refractivity contribution < 1.29 is 0 Å². The summed E-state index contributed by atoms with van der Waals surface area (Å²) in [6, 6.07) is 0. The highest BCUT2D eigenvalue weighted by Gasteiger charge is 2.20. The number of hydrogen-bond acceptors (Lipinski definition) is 3. The van der Waals surface area contributed by atoms with Gasteiger partial charge in [-0.2, -0.15) is 5.10 Å². The third-order valence-electron chi connectivity index (χ3n) is 1.58. The molecule has 0 radical (unpaired) electrons. The van der Waals surface area contributed by atoms with Crippen LogP contribution < -0.4 is 4.83 Å². The van der Waals surface area contributed by atoms with Crippen LogP contribution in [0.5, 0.6) is 0 Å². The molecule has 2 aliphatic rings. The first kappa shape index (κ1) is 5.35. The van der Waals surface area contributed by atoms with E-state index in [2.05, 4.69) is 22.1 Å². The summed E-state index contributed by atoms with van der Waals surface area (Å²) in [7, 11) is 0. The number of hydrogen-bond donors (Lipinski definition) is 1. The summed E-state index contributed by atoms with van der Waals surface area (Å²) in [5.41, 5.74) is 1.31. The summed E-state index contributed by atoms with van der Waals surface area (Å²) in [5, 5.41) is 4.68. The van der Waals surface area contributed by atoms with Crippen LogP contribution in [0.4, 0.5) is 0 Å². The molecule has 2 rings (SSSR count). The maximum Gasteiger partial charge on any atom is 0.0841 e. The first-order valence-corrected chi connectivity index (χ1v) is 3.98. The first-order chi connectivity index (χ1) is 4.47. The third-order valence-corrected chi connectivity index (χ3v) is 2.46. The number of nitrogens with zero attached hydrogens (tertiary/aromatic N) is 1. The van der Waals surface area contributed by atoms with Gasteiger partial charge in [0.05, 0.1) is 11.0 Å². The van der Waals surface area contributed by atoms with E-state index in [1.54, 1.807) is 11.9 Å². The van der Waals surface area contributed by atoms with Crippen LogP contribution >= 0.6 is 11.9 Å². The van der Waals surface area contributed by atoms with Crippen LogP contribution in [0.3, 0.4) is 0 Å². The average Bonchev–Trinajstić information content (AvgIpc) is 2.33. The fourth-order valence-corrected chi connectivity index (χ4v) is 1.85. The lowest BCUT2D eigenvalue weighted by molar-refractivity contribution is 1.02. The predicted octanol–water partition coefficient (Wildman–Crippen LogP) is 1.31. The zero-order valence-electron chi connectivity index (χ0n) is 5.00. The van der Waals surface area contributed by atoms with Crippen molar-refractivity contribution in [1.82, 2.24) is 4.83 Å². The van der Waals surface area contributed by atoms with E-state index in [1.807, 2.05) is 0 Å². The Labute approximate surface area is 58.5 Å². The van der Waals surface area contributed by atoms with E-state index in [9.17, 15) is 0 Å². The largest absolute Gasteiger partial charge is 0.251 e. The predicted molar refractivity (Wildman–Crippen MR) is 40.3 cm³/mol. The molecule has 1 unspecified atom stereocenters. The zero-order chi connectivity index (χ0) is 6.10.